The van der Waals surface area contributed by atoms with Crippen molar-refractivity contribution in [3.8, 4) is 0 Å². The third kappa shape index (κ3) is 4.09. The molecule has 0 saturated heterocycles. The van der Waals surface area contributed by atoms with E-state index in [9.17, 15) is 15.3 Å². The van der Waals surface area contributed by atoms with Crippen LogP contribution in [0, 0.1) is 28.6 Å². The lowest BCUT2D eigenvalue weighted by Gasteiger charge is -2.64. The zero-order chi connectivity index (χ0) is 24.1. The predicted octanol–water partition coefficient (Wildman–Crippen LogP) is 3.75. The van der Waals surface area contributed by atoms with Crippen molar-refractivity contribution in [2.45, 2.75) is 95.9 Å². The van der Waals surface area contributed by atoms with E-state index in [-0.39, 0.29) is 17.4 Å². The topological polar surface area (TPSA) is 85.5 Å². The van der Waals surface area contributed by atoms with Gasteiger partial charge in [0.1, 0.15) is 6.61 Å². The molecule has 0 aromatic rings. The standard InChI is InChI=1S/C27H46N2O4/c1-19(18-28-33-15-14-29(4)5)17-26(31)12-13-27(32)23-7-6-20-16-21(30)8-10-24(20,2)22(23)9-11-25(26,27)3/h17-18,20-23,30-32H,6-16H2,1-5H3/b19-17+,28-18+/t20-,21+,22+,23-,24+,25-,26+,27+/m1/s1. The molecule has 0 aromatic heterocycles. The van der Waals surface area contributed by atoms with Gasteiger partial charge in [-0.15, -0.1) is 0 Å². The van der Waals surface area contributed by atoms with Crippen LogP contribution in [0.15, 0.2) is 16.8 Å². The highest BCUT2D eigenvalue weighted by Gasteiger charge is 2.71. The number of aliphatic hydroxyl groups excluding tert-OH is 1. The number of fused-ring (bicyclic) bond motifs is 5. The molecule has 0 amide bonds. The van der Waals surface area contributed by atoms with Gasteiger partial charge in [-0.3, -0.25) is 0 Å². The number of nitrogens with zero attached hydrogens (tertiary/aromatic N) is 2. The number of rotatable bonds is 6. The van der Waals surface area contributed by atoms with Gasteiger partial charge in [-0.2, -0.15) is 0 Å². The number of aliphatic hydroxyl groups is 3. The summed E-state index contributed by atoms with van der Waals surface area (Å²) < 4.78 is 0. The van der Waals surface area contributed by atoms with Crippen LogP contribution >= 0.6 is 0 Å². The second kappa shape index (κ2) is 8.92. The van der Waals surface area contributed by atoms with Crippen LogP contribution in [-0.4, -0.2) is 71.0 Å². The predicted molar refractivity (Wildman–Crippen MR) is 131 cm³/mol. The lowest BCUT2D eigenvalue weighted by molar-refractivity contribution is -0.227. The molecule has 0 spiro atoms. The summed E-state index contributed by atoms with van der Waals surface area (Å²) in [6, 6.07) is 0. The Morgan fingerprint density at radius 1 is 1.03 bits per heavy atom. The maximum atomic E-state index is 12.3. The molecule has 0 unspecified atom stereocenters. The Hall–Kier alpha value is -0.950. The molecule has 0 aromatic carbocycles. The van der Waals surface area contributed by atoms with E-state index in [0.29, 0.717) is 31.3 Å². The summed E-state index contributed by atoms with van der Waals surface area (Å²) in [6.07, 6.45) is 11.5. The molecule has 33 heavy (non-hydrogen) atoms. The van der Waals surface area contributed by atoms with E-state index in [2.05, 4.69) is 19.0 Å². The quantitative estimate of drug-likeness (QED) is 0.318. The summed E-state index contributed by atoms with van der Waals surface area (Å²) in [7, 11) is 3.99. The van der Waals surface area contributed by atoms with Gasteiger partial charge in [-0.25, -0.2) is 0 Å². The summed E-state index contributed by atoms with van der Waals surface area (Å²) in [5.41, 5.74) is -1.41. The Kier molecular flexibility index (Phi) is 6.80. The lowest BCUT2D eigenvalue weighted by Crippen LogP contribution is -2.65. The molecule has 4 fully saturated rings. The summed E-state index contributed by atoms with van der Waals surface area (Å²) in [4.78, 5) is 7.38. The molecule has 4 aliphatic rings. The zero-order valence-corrected chi connectivity index (χ0v) is 21.4. The van der Waals surface area contributed by atoms with Gasteiger partial charge in [0.25, 0.3) is 0 Å². The molecule has 0 radical (unpaired) electrons. The van der Waals surface area contributed by atoms with E-state index >= 15 is 0 Å². The molecule has 6 heteroatoms. The molecule has 188 valence electrons. The minimum atomic E-state index is -1.05. The summed E-state index contributed by atoms with van der Waals surface area (Å²) in [5, 5.41) is 38.5. The Morgan fingerprint density at radius 2 is 1.79 bits per heavy atom. The van der Waals surface area contributed by atoms with Gasteiger partial charge in [0.05, 0.1) is 23.5 Å². The van der Waals surface area contributed by atoms with E-state index in [1.165, 1.54) is 0 Å². The summed E-state index contributed by atoms with van der Waals surface area (Å²) in [6.45, 7) is 7.81. The molecule has 6 nitrogen and oxygen atoms in total. The van der Waals surface area contributed by atoms with Crippen LogP contribution in [-0.2, 0) is 4.84 Å². The molecule has 3 N–H and O–H groups in total. The molecule has 0 aliphatic heterocycles. The van der Waals surface area contributed by atoms with Crippen LogP contribution < -0.4 is 0 Å². The molecule has 8 atom stereocenters. The maximum absolute atomic E-state index is 12.3. The first-order valence-corrected chi connectivity index (χ1v) is 13.1. The van der Waals surface area contributed by atoms with Crippen molar-refractivity contribution in [1.29, 1.82) is 0 Å². The van der Waals surface area contributed by atoms with Gasteiger partial charge >= 0.3 is 0 Å². The number of allylic oxidation sites excluding steroid dienone is 1. The normalized spacial score (nSPS) is 48.0. The highest BCUT2D eigenvalue weighted by molar-refractivity contribution is 5.77. The largest absolute Gasteiger partial charge is 0.394 e. The smallest absolute Gasteiger partial charge is 0.129 e. The van der Waals surface area contributed by atoms with Crippen LogP contribution in [0.4, 0.5) is 0 Å². The number of hydrogen-bond acceptors (Lipinski definition) is 6. The van der Waals surface area contributed by atoms with E-state index in [1.807, 2.05) is 32.0 Å². The Bertz CT molecular complexity index is 784. The van der Waals surface area contributed by atoms with Crippen molar-refractivity contribution in [1.82, 2.24) is 4.90 Å². The van der Waals surface area contributed by atoms with Crippen LogP contribution in [0.3, 0.4) is 0 Å². The molecule has 4 rings (SSSR count). The van der Waals surface area contributed by atoms with Gasteiger partial charge in [0.2, 0.25) is 0 Å². The number of hydrogen-bond donors (Lipinski definition) is 3. The fraction of sp³-hybridized carbons (Fsp3) is 0.889. The molecule has 0 heterocycles. The minimum absolute atomic E-state index is 0.158. The SMILES string of the molecule is CC(/C=N/OCCN(C)C)=C\[C@@]1(O)CC[C@]2(O)[C@@H]3CC[C@@H]4C[C@@H](O)CC[C@]4(C)[C@H]3CC[C@]12C. The highest BCUT2D eigenvalue weighted by atomic mass is 16.6. The molecule has 4 aliphatic carbocycles. The average Bonchev–Trinajstić information content (AvgIpc) is 2.95. The lowest BCUT2D eigenvalue weighted by atomic mass is 9.43. The van der Waals surface area contributed by atoms with Crippen molar-refractivity contribution in [2.24, 2.45) is 33.7 Å². The number of oxime groups is 1. The van der Waals surface area contributed by atoms with Crippen molar-refractivity contribution < 1.29 is 20.2 Å². The summed E-state index contributed by atoms with van der Waals surface area (Å²) in [5.74, 6) is 1.25. The van der Waals surface area contributed by atoms with Crippen LogP contribution in [0.1, 0.15) is 78.6 Å². The maximum Gasteiger partial charge on any atom is 0.129 e. The first-order chi connectivity index (χ1) is 15.5. The third-order valence-electron chi connectivity index (χ3n) is 10.5. The zero-order valence-electron chi connectivity index (χ0n) is 21.4. The van der Waals surface area contributed by atoms with Crippen molar-refractivity contribution in [2.75, 3.05) is 27.2 Å². The van der Waals surface area contributed by atoms with Gasteiger partial charge < -0.3 is 25.1 Å². The van der Waals surface area contributed by atoms with Gasteiger partial charge in [-0.1, -0.05) is 19.0 Å². The first kappa shape index (κ1) is 25.2. The van der Waals surface area contributed by atoms with Gasteiger partial charge in [0, 0.05) is 12.0 Å². The Labute approximate surface area is 200 Å². The fourth-order valence-electron chi connectivity index (χ4n) is 8.30. The summed E-state index contributed by atoms with van der Waals surface area (Å²) >= 11 is 0. The van der Waals surface area contributed by atoms with Crippen molar-refractivity contribution in [3.63, 3.8) is 0 Å². The van der Waals surface area contributed by atoms with E-state index < -0.39 is 16.6 Å². The first-order valence-electron chi connectivity index (χ1n) is 13.1. The molecule has 0 bridgehead atoms. The van der Waals surface area contributed by atoms with Crippen molar-refractivity contribution in [3.05, 3.63) is 11.6 Å². The molecular formula is C27H46N2O4. The highest BCUT2D eigenvalue weighted by Crippen LogP contribution is 2.70. The minimum Gasteiger partial charge on any atom is -0.394 e. The van der Waals surface area contributed by atoms with Crippen LogP contribution in [0.25, 0.3) is 0 Å². The van der Waals surface area contributed by atoms with Gasteiger partial charge in [-0.05, 0) is 114 Å². The second-order valence-corrected chi connectivity index (χ2v) is 12.4. The average molecular weight is 463 g/mol. The molecular weight excluding hydrogens is 416 g/mol. The fourth-order valence-corrected chi connectivity index (χ4v) is 8.30. The van der Waals surface area contributed by atoms with Crippen molar-refractivity contribution >= 4 is 6.21 Å². The van der Waals surface area contributed by atoms with E-state index in [4.69, 9.17) is 4.84 Å². The van der Waals surface area contributed by atoms with Crippen LogP contribution in [0.2, 0.25) is 0 Å². The Balaban J connectivity index is 1.52. The Morgan fingerprint density at radius 3 is 2.52 bits per heavy atom. The number of likely N-dealkylation sites (N-methyl/N-ethyl adjacent to an activating group) is 1. The van der Waals surface area contributed by atoms with Crippen LogP contribution in [0.5, 0.6) is 0 Å². The van der Waals surface area contributed by atoms with E-state index in [1.54, 1.807) is 6.21 Å². The monoisotopic (exact) mass is 462 g/mol. The van der Waals surface area contributed by atoms with Gasteiger partial charge in [0.15, 0.2) is 0 Å². The third-order valence-corrected chi connectivity index (χ3v) is 10.5. The molecule has 4 saturated carbocycles. The second-order valence-electron chi connectivity index (χ2n) is 12.4. The van der Waals surface area contributed by atoms with E-state index in [0.717, 1.165) is 57.1 Å².